The largest absolute Gasteiger partial charge is 0.508 e. The predicted molar refractivity (Wildman–Crippen MR) is 110 cm³/mol. The van der Waals surface area contributed by atoms with Crippen LogP contribution in [-0.4, -0.2) is 28.0 Å². The van der Waals surface area contributed by atoms with E-state index < -0.39 is 17.8 Å². The Hall–Kier alpha value is -4.33. The normalized spacial score (nSPS) is 10.2. The Morgan fingerprint density at radius 3 is 1.87 bits per heavy atom. The van der Waals surface area contributed by atoms with Crippen LogP contribution in [0.5, 0.6) is 17.2 Å². The van der Waals surface area contributed by atoms with Gasteiger partial charge in [0.15, 0.2) is 0 Å². The maximum absolute atomic E-state index is 12.6. The van der Waals surface area contributed by atoms with Gasteiger partial charge in [0.05, 0.1) is 11.4 Å². The summed E-state index contributed by atoms with van der Waals surface area (Å²) < 4.78 is 4.98. The molecule has 152 valence electrons. The molecular formula is C22H18N2O6. The van der Waals surface area contributed by atoms with Gasteiger partial charge in [0.2, 0.25) is 0 Å². The maximum atomic E-state index is 12.6. The number of hydrogen-bond acceptors (Lipinski definition) is 6. The van der Waals surface area contributed by atoms with Crippen molar-refractivity contribution in [3.05, 3.63) is 77.9 Å². The van der Waals surface area contributed by atoms with E-state index in [1.54, 1.807) is 42.5 Å². The minimum absolute atomic E-state index is 0.0442. The Bertz CT molecular complexity index is 1110. The molecule has 0 aliphatic carbocycles. The second-order valence-corrected chi connectivity index (χ2v) is 6.31. The van der Waals surface area contributed by atoms with Crippen molar-refractivity contribution in [2.45, 2.75) is 6.92 Å². The van der Waals surface area contributed by atoms with Crippen LogP contribution < -0.4 is 15.4 Å². The van der Waals surface area contributed by atoms with Crippen molar-refractivity contribution in [2.75, 3.05) is 10.6 Å². The molecular weight excluding hydrogens is 388 g/mol. The highest BCUT2D eigenvalue weighted by atomic mass is 16.5. The summed E-state index contributed by atoms with van der Waals surface area (Å²) in [5.74, 6) is -1.83. The highest BCUT2D eigenvalue weighted by Crippen LogP contribution is 2.25. The quantitative estimate of drug-likeness (QED) is 0.379. The number of amides is 2. The van der Waals surface area contributed by atoms with Gasteiger partial charge in [-0.1, -0.05) is 18.2 Å². The number of carbonyl (C=O) groups is 3. The smallest absolute Gasteiger partial charge is 0.308 e. The van der Waals surface area contributed by atoms with Crippen LogP contribution in [0.3, 0.4) is 0 Å². The minimum Gasteiger partial charge on any atom is -0.508 e. The fourth-order valence-electron chi connectivity index (χ4n) is 2.68. The van der Waals surface area contributed by atoms with Crippen molar-refractivity contribution in [3.8, 4) is 17.2 Å². The number of carbonyl (C=O) groups excluding carboxylic acids is 3. The summed E-state index contributed by atoms with van der Waals surface area (Å²) in [6.45, 7) is 1.26. The van der Waals surface area contributed by atoms with Gasteiger partial charge in [0.1, 0.15) is 17.2 Å². The molecule has 0 saturated carbocycles. The second kappa shape index (κ2) is 8.78. The molecule has 0 spiro atoms. The highest BCUT2D eigenvalue weighted by Gasteiger charge is 2.14. The zero-order valence-corrected chi connectivity index (χ0v) is 15.9. The first-order valence-corrected chi connectivity index (χ1v) is 8.85. The number of aromatic hydroxyl groups is 2. The SMILES string of the molecule is CC(=O)Oc1cccc(C(=O)Nc2ccccc2NC(=O)c2cc(O)cc(O)c2)c1. The summed E-state index contributed by atoms with van der Waals surface area (Å²) in [7, 11) is 0. The molecule has 0 aromatic heterocycles. The summed E-state index contributed by atoms with van der Waals surface area (Å²) >= 11 is 0. The number of rotatable bonds is 5. The molecule has 4 N–H and O–H groups in total. The maximum Gasteiger partial charge on any atom is 0.308 e. The van der Waals surface area contributed by atoms with E-state index in [-0.39, 0.29) is 28.4 Å². The molecule has 0 radical (unpaired) electrons. The molecule has 3 aromatic rings. The molecule has 0 saturated heterocycles. The van der Waals surface area contributed by atoms with E-state index in [1.807, 2.05) is 0 Å². The molecule has 0 atom stereocenters. The van der Waals surface area contributed by atoms with Crippen molar-refractivity contribution in [3.63, 3.8) is 0 Å². The molecule has 8 heteroatoms. The lowest BCUT2D eigenvalue weighted by molar-refractivity contribution is -0.131. The second-order valence-electron chi connectivity index (χ2n) is 6.31. The van der Waals surface area contributed by atoms with Gasteiger partial charge in [-0.15, -0.1) is 0 Å². The molecule has 0 heterocycles. The van der Waals surface area contributed by atoms with Crippen molar-refractivity contribution < 1.29 is 29.3 Å². The lowest BCUT2D eigenvalue weighted by Crippen LogP contribution is -2.17. The van der Waals surface area contributed by atoms with Crippen LogP contribution in [0.1, 0.15) is 27.6 Å². The molecule has 8 nitrogen and oxygen atoms in total. The van der Waals surface area contributed by atoms with Crippen molar-refractivity contribution in [1.29, 1.82) is 0 Å². The lowest BCUT2D eigenvalue weighted by atomic mass is 10.1. The van der Waals surface area contributed by atoms with E-state index in [1.165, 1.54) is 25.1 Å². The van der Waals surface area contributed by atoms with Crippen molar-refractivity contribution >= 4 is 29.2 Å². The first kappa shape index (κ1) is 20.4. The van der Waals surface area contributed by atoms with E-state index in [0.29, 0.717) is 11.4 Å². The third-order valence-corrected chi connectivity index (χ3v) is 3.95. The van der Waals surface area contributed by atoms with Gasteiger partial charge < -0.3 is 25.6 Å². The zero-order chi connectivity index (χ0) is 21.7. The fraction of sp³-hybridized carbons (Fsp3) is 0.0455. The fourth-order valence-corrected chi connectivity index (χ4v) is 2.68. The van der Waals surface area contributed by atoms with Gasteiger partial charge in [-0.05, 0) is 42.5 Å². The average molecular weight is 406 g/mol. The molecule has 0 fully saturated rings. The number of phenolic OH excluding ortho intramolecular Hbond substituents is 2. The van der Waals surface area contributed by atoms with E-state index in [2.05, 4.69) is 10.6 Å². The van der Waals surface area contributed by atoms with E-state index in [9.17, 15) is 24.6 Å². The zero-order valence-electron chi connectivity index (χ0n) is 15.9. The summed E-state index contributed by atoms with van der Waals surface area (Å²) in [6.07, 6.45) is 0. The Kier molecular flexibility index (Phi) is 5.97. The van der Waals surface area contributed by atoms with Gasteiger partial charge in [-0.2, -0.15) is 0 Å². The number of anilines is 2. The first-order chi connectivity index (χ1) is 14.3. The number of ether oxygens (including phenoxy) is 1. The van der Waals surface area contributed by atoms with Crippen LogP contribution in [0.4, 0.5) is 11.4 Å². The molecule has 30 heavy (non-hydrogen) atoms. The predicted octanol–water partition coefficient (Wildman–Crippen LogP) is 3.53. The van der Waals surface area contributed by atoms with Gasteiger partial charge in [-0.3, -0.25) is 14.4 Å². The van der Waals surface area contributed by atoms with Crippen molar-refractivity contribution in [1.82, 2.24) is 0 Å². The summed E-state index contributed by atoms with van der Waals surface area (Å²) in [4.78, 5) is 36.2. The molecule has 3 aromatic carbocycles. The van der Waals surface area contributed by atoms with Crippen molar-refractivity contribution in [2.24, 2.45) is 0 Å². The summed E-state index contributed by atoms with van der Waals surface area (Å²) in [6, 6.07) is 16.2. The van der Waals surface area contributed by atoms with E-state index in [0.717, 1.165) is 6.07 Å². The molecule has 3 rings (SSSR count). The Morgan fingerprint density at radius 1 is 0.733 bits per heavy atom. The monoisotopic (exact) mass is 406 g/mol. The third-order valence-electron chi connectivity index (χ3n) is 3.95. The minimum atomic E-state index is -0.584. The lowest BCUT2D eigenvalue weighted by Gasteiger charge is -2.13. The highest BCUT2D eigenvalue weighted by molar-refractivity contribution is 6.10. The average Bonchev–Trinajstić information content (AvgIpc) is 2.68. The van der Waals surface area contributed by atoms with Gasteiger partial charge in [-0.25, -0.2) is 0 Å². The molecule has 0 unspecified atom stereocenters. The van der Waals surface area contributed by atoms with Crippen LogP contribution in [0.25, 0.3) is 0 Å². The third kappa shape index (κ3) is 5.14. The van der Waals surface area contributed by atoms with Crippen LogP contribution in [0.15, 0.2) is 66.7 Å². The molecule has 0 aliphatic heterocycles. The molecule has 0 bridgehead atoms. The van der Waals surface area contributed by atoms with Crippen LogP contribution >= 0.6 is 0 Å². The number of hydrogen-bond donors (Lipinski definition) is 4. The molecule has 2 amide bonds. The van der Waals surface area contributed by atoms with Gasteiger partial charge in [0, 0.05) is 24.1 Å². The number of para-hydroxylation sites is 2. The summed E-state index contributed by atoms with van der Waals surface area (Å²) in [5, 5.41) is 24.4. The van der Waals surface area contributed by atoms with Crippen LogP contribution in [0, 0.1) is 0 Å². The van der Waals surface area contributed by atoms with Gasteiger partial charge in [0.25, 0.3) is 11.8 Å². The van der Waals surface area contributed by atoms with Gasteiger partial charge >= 0.3 is 5.97 Å². The topological polar surface area (TPSA) is 125 Å². The Morgan fingerprint density at radius 2 is 1.30 bits per heavy atom. The number of phenols is 2. The number of nitrogens with one attached hydrogen (secondary N) is 2. The van der Waals surface area contributed by atoms with E-state index in [4.69, 9.17) is 4.74 Å². The Labute approximate surface area is 171 Å². The van der Waals surface area contributed by atoms with E-state index >= 15 is 0 Å². The standard InChI is InChI=1S/C22H18N2O6/c1-13(25)30-18-6-4-5-14(11-18)21(28)23-19-7-2-3-8-20(19)24-22(29)15-9-16(26)12-17(27)10-15/h2-12,26-27H,1H3,(H,23,28)(H,24,29). The first-order valence-electron chi connectivity index (χ1n) is 8.85. The molecule has 0 aliphatic rings. The Balaban J connectivity index is 1.79. The number of esters is 1. The summed E-state index contributed by atoms with van der Waals surface area (Å²) in [5.41, 5.74) is 0.948. The van der Waals surface area contributed by atoms with Crippen LogP contribution in [0.2, 0.25) is 0 Å². The number of benzene rings is 3. The van der Waals surface area contributed by atoms with Crippen LogP contribution in [-0.2, 0) is 4.79 Å².